The number of carbonyl (C=O) groups is 1. The van der Waals surface area contributed by atoms with Crippen molar-refractivity contribution >= 4 is 27.4 Å². The van der Waals surface area contributed by atoms with E-state index in [1.807, 2.05) is 0 Å². The van der Waals surface area contributed by atoms with Gasteiger partial charge in [-0.2, -0.15) is 0 Å². The highest BCUT2D eigenvalue weighted by molar-refractivity contribution is 7.90. The topological polar surface area (TPSA) is 60.4 Å². The Morgan fingerprint density at radius 3 is 2.52 bits per heavy atom. The molecule has 0 aliphatic heterocycles. The fourth-order valence-corrected chi connectivity index (χ4v) is 2.55. The van der Waals surface area contributed by atoms with Crippen LogP contribution in [0.4, 0.5) is 0 Å². The molecule has 0 aliphatic carbocycles. The Labute approximate surface area is 128 Å². The van der Waals surface area contributed by atoms with E-state index in [2.05, 4.69) is 0 Å². The fourth-order valence-electron chi connectivity index (χ4n) is 1.70. The Balaban J connectivity index is 2.13. The van der Waals surface area contributed by atoms with Crippen molar-refractivity contribution in [3.63, 3.8) is 0 Å². The van der Waals surface area contributed by atoms with Gasteiger partial charge in [-0.25, -0.2) is 13.2 Å². The highest BCUT2D eigenvalue weighted by Crippen LogP contribution is 2.17. The molecule has 2 aromatic carbocycles. The molecular weight excluding hydrogens is 312 g/mol. The molecule has 0 amide bonds. The van der Waals surface area contributed by atoms with Gasteiger partial charge in [-0.15, -0.1) is 0 Å². The highest BCUT2D eigenvalue weighted by atomic mass is 35.5. The predicted octanol–water partition coefficient (Wildman–Crippen LogP) is 3.10. The Morgan fingerprint density at radius 2 is 1.86 bits per heavy atom. The first-order chi connectivity index (χ1) is 9.88. The van der Waals surface area contributed by atoms with Crippen molar-refractivity contribution in [3.05, 3.63) is 64.7 Å². The van der Waals surface area contributed by atoms with E-state index < -0.39 is 15.8 Å². The number of hydrogen-bond acceptors (Lipinski definition) is 4. The van der Waals surface area contributed by atoms with Crippen molar-refractivity contribution in [2.75, 3.05) is 6.26 Å². The maximum Gasteiger partial charge on any atom is 0.338 e. The molecule has 4 nitrogen and oxygen atoms in total. The lowest BCUT2D eigenvalue weighted by atomic mass is 10.2. The van der Waals surface area contributed by atoms with Gasteiger partial charge >= 0.3 is 5.97 Å². The van der Waals surface area contributed by atoms with E-state index >= 15 is 0 Å². The van der Waals surface area contributed by atoms with E-state index in [0.717, 1.165) is 6.26 Å². The summed E-state index contributed by atoms with van der Waals surface area (Å²) in [5.74, 6) is -0.597. The average Bonchev–Trinajstić information content (AvgIpc) is 2.45. The lowest BCUT2D eigenvalue weighted by Gasteiger charge is -2.07. The molecule has 0 saturated carbocycles. The third kappa shape index (κ3) is 4.06. The van der Waals surface area contributed by atoms with Crippen LogP contribution in [0.3, 0.4) is 0 Å². The molecule has 110 valence electrons. The van der Waals surface area contributed by atoms with Crippen LogP contribution in [0.5, 0.6) is 0 Å². The van der Waals surface area contributed by atoms with Gasteiger partial charge in [-0.3, -0.25) is 0 Å². The molecule has 21 heavy (non-hydrogen) atoms. The Morgan fingerprint density at radius 1 is 1.14 bits per heavy atom. The van der Waals surface area contributed by atoms with E-state index in [4.69, 9.17) is 16.3 Å². The standard InChI is InChI=1S/C15H13ClO4S/c1-21(18,19)13-7-4-6-11(9-13)15(17)20-10-12-5-2-3-8-14(12)16/h2-9H,10H2,1H3. The van der Waals surface area contributed by atoms with Gasteiger partial charge in [-0.05, 0) is 24.3 Å². The minimum atomic E-state index is -3.36. The summed E-state index contributed by atoms with van der Waals surface area (Å²) in [4.78, 5) is 12.0. The number of hydrogen-bond donors (Lipinski definition) is 0. The Bertz CT molecular complexity index is 769. The first kappa shape index (κ1) is 15.5. The summed E-state index contributed by atoms with van der Waals surface area (Å²) in [7, 11) is -3.36. The van der Waals surface area contributed by atoms with E-state index in [0.29, 0.717) is 10.6 Å². The maximum atomic E-state index is 11.9. The van der Waals surface area contributed by atoms with E-state index in [9.17, 15) is 13.2 Å². The minimum absolute atomic E-state index is 0.0294. The van der Waals surface area contributed by atoms with Crippen molar-refractivity contribution < 1.29 is 17.9 Å². The molecule has 0 aliphatic rings. The molecule has 0 atom stereocenters. The zero-order chi connectivity index (χ0) is 15.5. The molecule has 2 rings (SSSR count). The summed E-state index contributed by atoms with van der Waals surface area (Å²) in [6.45, 7) is 0.0294. The molecule has 0 saturated heterocycles. The molecule has 6 heteroatoms. The first-order valence-corrected chi connectivity index (χ1v) is 8.35. The monoisotopic (exact) mass is 324 g/mol. The van der Waals surface area contributed by atoms with Crippen molar-refractivity contribution in [1.82, 2.24) is 0 Å². The summed E-state index contributed by atoms with van der Waals surface area (Å²) in [5, 5.41) is 0.509. The second kappa shape index (κ2) is 6.28. The highest BCUT2D eigenvalue weighted by Gasteiger charge is 2.13. The van der Waals surface area contributed by atoms with Crippen molar-refractivity contribution in [3.8, 4) is 0 Å². The van der Waals surface area contributed by atoms with Gasteiger partial charge in [0.15, 0.2) is 9.84 Å². The van der Waals surface area contributed by atoms with Crippen LogP contribution in [0.15, 0.2) is 53.4 Å². The van der Waals surface area contributed by atoms with Crippen LogP contribution in [-0.2, 0) is 21.2 Å². The minimum Gasteiger partial charge on any atom is -0.457 e. The molecule has 0 fully saturated rings. The fraction of sp³-hybridized carbons (Fsp3) is 0.133. The van der Waals surface area contributed by atoms with Gasteiger partial charge in [0.2, 0.25) is 0 Å². The quantitative estimate of drug-likeness (QED) is 0.811. The number of halogens is 1. The molecule has 0 spiro atoms. The number of sulfone groups is 1. The molecule has 0 N–H and O–H groups in total. The van der Waals surface area contributed by atoms with Gasteiger partial charge in [0.25, 0.3) is 0 Å². The second-order valence-corrected chi connectivity index (χ2v) is 6.89. The van der Waals surface area contributed by atoms with Crippen molar-refractivity contribution in [2.24, 2.45) is 0 Å². The van der Waals surface area contributed by atoms with Crippen LogP contribution in [-0.4, -0.2) is 20.6 Å². The third-order valence-corrected chi connectivity index (χ3v) is 4.29. The average molecular weight is 325 g/mol. The molecule has 0 radical (unpaired) electrons. The summed E-state index contributed by atoms with van der Waals surface area (Å²) < 4.78 is 28.1. The van der Waals surface area contributed by atoms with Crippen LogP contribution in [0.2, 0.25) is 5.02 Å². The third-order valence-electron chi connectivity index (χ3n) is 2.81. The number of carbonyl (C=O) groups excluding carboxylic acids is 1. The van der Waals surface area contributed by atoms with E-state index in [-0.39, 0.29) is 17.1 Å². The van der Waals surface area contributed by atoms with E-state index in [1.165, 1.54) is 24.3 Å². The molecule has 0 unspecified atom stereocenters. The van der Waals surface area contributed by atoms with Crippen LogP contribution in [0.25, 0.3) is 0 Å². The number of benzene rings is 2. The Kier molecular flexibility index (Phi) is 4.65. The van der Waals surface area contributed by atoms with Gasteiger partial charge in [0.05, 0.1) is 10.5 Å². The summed E-state index contributed by atoms with van der Waals surface area (Å²) >= 11 is 5.97. The van der Waals surface area contributed by atoms with E-state index in [1.54, 1.807) is 24.3 Å². The smallest absolute Gasteiger partial charge is 0.338 e. The summed E-state index contributed by atoms with van der Waals surface area (Å²) in [6, 6.07) is 12.8. The zero-order valence-corrected chi connectivity index (χ0v) is 12.8. The number of rotatable bonds is 4. The first-order valence-electron chi connectivity index (χ1n) is 6.08. The largest absolute Gasteiger partial charge is 0.457 e. The zero-order valence-electron chi connectivity index (χ0n) is 11.2. The predicted molar refractivity (Wildman–Crippen MR) is 80.1 cm³/mol. The molecule has 0 bridgehead atoms. The number of ether oxygens (including phenoxy) is 1. The summed E-state index contributed by atoms with van der Waals surface area (Å²) in [6.07, 6.45) is 1.08. The van der Waals surface area contributed by atoms with Gasteiger partial charge in [-0.1, -0.05) is 35.9 Å². The van der Waals surface area contributed by atoms with Crippen LogP contribution < -0.4 is 0 Å². The van der Waals surface area contributed by atoms with Crippen LogP contribution in [0.1, 0.15) is 15.9 Å². The van der Waals surface area contributed by atoms with Gasteiger partial charge < -0.3 is 4.74 Å². The Hall–Kier alpha value is -1.85. The normalized spacial score (nSPS) is 11.1. The molecule has 0 heterocycles. The molecular formula is C15H13ClO4S. The lowest BCUT2D eigenvalue weighted by Crippen LogP contribution is -2.07. The molecule has 2 aromatic rings. The molecule has 0 aromatic heterocycles. The SMILES string of the molecule is CS(=O)(=O)c1cccc(C(=O)OCc2ccccc2Cl)c1. The maximum absolute atomic E-state index is 11.9. The van der Waals surface area contributed by atoms with Gasteiger partial charge in [0.1, 0.15) is 6.61 Å². The summed E-state index contributed by atoms with van der Waals surface area (Å²) in [5.41, 5.74) is 0.872. The van der Waals surface area contributed by atoms with Crippen molar-refractivity contribution in [1.29, 1.82) is 0 Å². The van der Waals surface area contributed by atoms with Crippen LogP contribution >= 0.6 is 11.6 Å². The second-order valence-electron chi connectivity index (χ2n) is 4.47. The number of esters is 1. The lowest BCUT2D eigenvalue weighted by molar-refractivity contribution is 0.0472. The van der Waals surface area contributed by atoms with Crippen molar-refractivity contribution in [2.45, 2.75) is 11.5 Å². The van der Waals surface area contributed by atoms with Gasteiger partial charge in [0, 0.05) is 16.8 Å². The van der Waals surface area contributed by atoms with Crippen LogP contribution in [0, 0.1) is 0 Å².